The van der Waals surface area contributed by atoms with Crippen LogP contribution in [0, 0.1) is 0 Å². The lowest BCUT2D eigenvalue weighted by atomic mass is 10.2. The Morgan fingerprint density at radius 3 is 2.82 bits per heavy atom. The van der Waals surface area contributed by atoms with Crippen molar-refractivity contribution >= 4 is 5.91 Å². The lowest BCUT2D eigenvalue weighted by Gasteiger charge is -2.28. The zero-order valence-corrected chi connectivity index (χ0v) is 11.1. The third-order valence-electron chi connectivity index (χ3n) is 3.72. The van der Waals surface area contributed by atoms with E-state index < -0.39 is 0 Å². The predicted molar refractivity (Wildman–Crippen MR) is 68.9 cm³/mol. The number of likely N-dealkylation sites (N-methyl/N-ethyl adjacent to an activating group) is 1. The second kappa shape index (κ2) is 5.83. The molecule has 0 spiro atoms. The number of carbonyl (C=O) groups excluding carboxylic acids is 1. The average Bonchev–Trinajstić information content (AvgIpc) is 3.07. The number of rotatable bonds is 4. The smallest absolute Gasteiger partial charge is 0.224 e. The van der Waals surface area contributed by atoms with Gasteiger partial charge in [-0.25, -0.2) is 0 Å². The van der Waals surface area contributed by atoms with E-state index in [4.69, 9.17) is 0 Å². The van der Waals surface area contributed by atoms with Crippen LogP contribution in [-0.2, 0) is 4.79 Å². The van der Waals surface area contributed by atoms with Gasteiger partial charge in [0.25, 0.3) is 0 Å². The number of nitrogens with one attached hydrogen (secondary N) is 1. The van der Waals surface area contributed by atoms with Crippen LogP contribution in [0.15, 0.2) is 0 Å². The summed E-state index contributed by atoms with van der Waals surface area (Å²) in [4.78, 5) is 16.5. The Hall–Kier alpha value is -0.610. The van der Waals surface area contributed by atoms with E-state index in [1.54, 1.807) is 0 Å². The van der Waals surface area contributed by atoms with Crippen molar-refractivity contribution in [2.45, 2.75) is 44.7 Å². The molecule has 0 radical (unpaired) electrons. The summed E-state index contributed by atoms with van der Waals surface area (Å²) in [5.74, 6) is 0.320. The zero-order valence-electron chi connectivity index (χ0n) is 11.1. The standard InChI is InChI=1S/C13H25N3O/c1-11-10-15(2)8-3-9-16(11)13(17)6-7-14-12-4-5-12/h11-12,14H,3-10H2,1-2H3. The van der Waals surface area contributed by atoms with Crippen molar-refractivity contribution in [2.24, 2.45) is 0 Å². The first kappa shape index (κ1) is 12.8. The minimum Gasteiger partial charge on any atom is -0.339 e. The van der Waals surface area contributed by atoms with Crippen molar-refractivity contribution in [2.75, 3.05) is 33.2 Å². The van der Waals surface area contributed by atoms with Gasteiger partial charge >= 0.3 is 0 Å². The molecule has 0 aromatic heterocycles. The summed E-state index contributed by atoms with van der Waals surface area (Å²) in [5.41, 5.74) is 0. The van der Waals surface area contributed by atoms with Crippen molar-refractivity contribution in [3.8, 4) is 0 Å². The molecular weight excluding hydrogens is 214 g/mol. The molecule has 0 aromatic rings. The van der Waals surface area contributed by atoms with Crippen molar-refractivity contribution in [1.82, 2.24) is 15.1 Å². The Balaban J connectivity index is 1.75. The van der Waals surface area contributed by atoms with E-state index >= 15 is 0 Å². The highest BCUT2D eigenvalue weighted by atomic mass is 16.2. The van der Waals surface area contributed by atoms with Crippen LogP contribution < -0.4 is 5.32 Å². The molecule has 1 saturated carbocycles. The van der Waals surface area contributed by atoms with Gasteiger partial charge in [-0.3, -0.25) is 4.79 Å². The molecule has 1 N–H and O–H groups in total. The molecule has 1 atom stereocenters. The average molecular weight is 239 g/mol. The first-order valence-electron chi connectivity index (χ1n) is 6.88. The van der Waals surface area contributed by atoms with Gasteiger partial charge in [-0.15, -0.1) is 0 Å². The molecule has 17 heavy (non-hydrogen) atoms. The van der Waals surface area contributed by atoms with E-state index in [0.29, 0.717) is 24.4 Å². The normalized spacial score (nSPS) is 26.9. The van der Waals surface area contributed by atoms with Gasteiger partial charge < -0.3 is 15.1 Å². The highest BCUT2D eigenvalue weighted by Gasteiger charge is 2.24. The van der Waals surface area contributed by atoms with Crippen molar-refractivity contribution < 1.29 is 4.79 Å². The molecule has 0 bridgehead atoms. The van der Waals surface area contributed by atoms with Gasteiger partial charge in [-0.2, -0.15) is 0 Å². The number of nitrogens with zero attached hydrogens (tertiary/aromatic N) is 2. The molecule has 4 heteroatoms. The van der Waals surface area contributed by atoms with E-state index in [-0.39, 0.29) is 0 Å². The summed E-state index contributed by atoms with van der Waals surface area (Å²) < 4.78 is 0. The van der Waals surface area contributed by atoms with Gasteiger partial charge in [-0.05, 0) is 39.8 Å². The topological polar surface area (TPSA) is 35.6 Å². The van der Waals surface area contributed by atoms with Crippen LogP contribution in [-0.4, -0.2) is 61.0 Å². The van der Waals surface area contributed by atoms with Crippen molar-refractivity contribution in [3.05, 3.63) is 0 Å². The molecule has 0 aromatic carbocycles. The summed E-state index contributed by atoms with van der Waals surface area (Å²) in [6, 6.07) is 1.06. The Labute approximate surface area is 104 Å². The minimum absolute atomic E-state index is 0.320. The van der Waals surface area contributed by atoms with Crippen LogP contribution in [0.4, 0.5) is 0 Å². The summed E-state index contributed by atoms with van der Waals surface area (Å²) >= 11 is 0. The maximum absolute atomic E-state index is 12.1. The molecule has 2 fully saturated rings. The molecule has 1 amide bonds. The fourth-order valence-electron chi connectivity index (χ4n) is 2.56. The molecule has 1 aliphatic heterocycles. The Morgan fingerprint density at radius 2 is 2.12 bits per heavy atom. The van der Waals surface area contributed by atoms with Crippen LogP contribution in [0.1, 0.15) is 32.6 Å². The number of hydrogen-bond acceptors (Lipinski definition) is 3. The van der Waals surface area contributed by atoms with Crippen molar-refractivity contribution in [1.29, 1.82) is 0 Å². The largest absolute Gasteiger partial charge is 0.339 e. The van der Waals surface area contributed by atoms with Crippen LogP contribution in [0.25, 0.3) is 0 Å². The van der Waals surface area contributed by atoms with Crippen LogP contribution >= 0.6 is 0 Å². The summed E-state index contributed by atoms with van der Waals surface area (Å²) in [6.07, 6.45) is 4.34. The molecule has 4 nitrogen and oxygen atoms in total. The Morgan fingerprint density at radius 1 is 1.35 bits per heavy atom. The first-order chi connectivity index (χ1) is 8.16. The fraction of sp³-hybridized carbons (Fsp3) is 0.923. The van der Waals surface area contributed by atoms with Gasteiger partial charge in [0.15, 0.2) is 0 Å². The van der Waals surface area contributed by atoms with Crippen molar-refractivity contribution in [3.63, 3.8) is 0 Å². The summed E-state index contributed by atoms with van der Waals surface area (Å²) in [7, 11) is 2.14. The number of carbonyl (C=O) groups is 1. The SMILES string of the molecule is CC1CN(C)CCCN1C(=O)CCNC1CC1. The highest BCUT2D eigenvalue weighted by Crippen LogP contribution is 2.18. The van der Waals surface area contributed by atoms with Gasteiger partial charge in [0.1, 0.15) is 0 Å². The van der Waals surface area contributed by atoms with E-state index in [1.807, 2.05) is 0 Å². The van der Waals surface area contributed by atoms with Gasteiger partial charge in [0.05, 0.1) is 0 Å². The van der Waals surface area contributed by atoms with Crippen LogP contribution in [0.3, 0.4) is 0 Å². The van der Waals surface area contributed by atoms with Crippen LogP contribution in [0.5, 0.6) is 0 Å². The van der Waals surface area contributed by atoms with Crippen LogP contribution in [0.2, 0.25) is 0 Å². The van der Waals surface area contributed by atoms with E-state index in [1.165, 1.54) is 12.8 Å². The van der Waals surface area contributed by atoms with E-state index in [9.17, 15) is 4.79 Å². The molecule has 1 heterocycles. The monoisotopic (exact) mass is 239 g/mol. The molecule has 2 rings (SSSR count). The number of hydrogen-bond donors (Lipinski definition) is 1. The number of amides is 1. The first-order valence-corrected chi connectivity index (χ1v) is 6.88. The third kappa shape index (κ3) is 3.96. The Kier molecular flexibility index (Phi) is 4.40. The lowest BCUT2D eigenvalue weighted by molar-refractivity contribution is -0.132. The summed E-state index contributed by atoms with van der Waals surface area (Å²) in [6.45, 7) is 6.04. The molecule has 1 unspecified atom stereocenters. The molecule has 98 valence electrons. The summed E-state index contributed by atoms with van der Waals surface area (Å²) in [5, 5.41) is 3.41. The van der Waals surface area contributed by atoms with E-state index in [2.05, 4.69) is 29.1 Å². The second-order valence-corrected chi connectivity index (χ2v) is 5.53. The minimum atomic E-state index is 0.320. The molecular formula is C13H25N3O. The maximum Gasteiger partial charge on any atom is 0.224 e. The molecule has 2 aliphatic rings. The fourth-order valence-corrected chi connectivity index (χ4v) is 2.56. The van der Waals surface area contributed by atoms with Gasteiger partial charge in [0, 0.05) is 38.1 Å². The Bertz CT molecular complexity index is 265. The van der Waals surface area contributed by atoms with E-state index in [0.717, 1.165) is 32.6 Å². The lowest BCUT2D eigenvalue weighted by Crippen LogP contribution is -2.42. The second-order valence-electron chi connectivity index (χ2n) is 5.53. The third-order valence-corrected chi connectivity index (χ3v) is 3.72. The molecule has 1 aliphatic carbocycles. The quantitative estimate of drug-likeness (QED) is 0.784. The maximum atomic E-state index is 12.1. The van der Waals surface area contributed by atoms with Gasteiger partial charge in [0.2, 0.25) is 5.91 Å². The predicted octanol–water partition coefficient (Wildman–Crippen LogP) is 0.681. The van der Waals surface area contributed by atoms with Gasteiger partial charge in [-0.1, -0.05) is 0 Å². The zero-order chi connectivity index (χ0) is 12.3. The highest BCUT2D eigenvalue weighted by molar-refractivity contribution is 5.76. The molecule has 1 saturated heterocycles.